The molecule has 2 atom stereocenters. The molecule has 1 aromatic rings. The predicted octanol–water partition coefficient (Wildman–Crippen LogP) is 2.40. The Kier molecular flexibility index (Phi) is 4.41. The van der Waals surface area contributed by atoms with E-state index in [1.165, 1.54) is 4.90 Å². The summed E-state index contributed by atoms with van der Waals surface area (Å²) in [6.07, 6.45) is 1.72. The molecule has 0 radical (unpaired) electrons. The summed E-state index contributed by atoms with van der Waals surface area (Å²) in [5.74, 6) is 1.07. The maximum Gasteiger partial charge on any atom is 0.407 e. The van der Waals surface area contributed by atoms with Crippen LogP contribution >= 0.6 is 0 Å². The van der Waals surface area contributed by atoms with Gasteiger partial charge < -0.3 is 20.1 Å². The average Bonchev–Trinajstić information content (AvgIpc) is 3.28. The second-order valence-corrected chi connectivity index (χ2v) is 6.33. The molecule has 0 spiro atoms. The second kappa shape index (κ2) is 6.48. The van der Waals surface area contributed by atoms with Gasteiger partial charge in [0.1, 0.15) is 11.9 Å². The average molecular weight is 318 g/mol. The smallest absolute Gasteiger partial charge is 0.407 e. The lowest BCUT2D eigenvalue weighted by Gasteiger charge is -2.17. The molecule has 2 amide bonds. The van der Waals surface area contributed by atoms with Gasteiger partial charge in [-0.2, -0.15) is 0 Å². The number of nitrogens with one attached hydrogen (secondary N) is 1. The van der Waals surface area contributed by atoms with E-state index in [2.05, 4.69) is 5.32 Å². The highest BCUT2D eigenvalue weighted by Gasteiger charge is 2.30. The van der Waals surface area contributed by atoms with E-state index in [-0.39, 0.29) is 24.0 Å². The highest BCUT2D eigenvalue weighted by Crippen LogP contribution is 2.30. The van der Waals surface area contributed by atoms with Crippen LogP contribution in [0.3, 0.4) is 0 Å². The third-order valence-corrected chi connectivity index (χ3v) is 4.41. The van der Waals surface area contributed by atoms with Gasteiger partial charge in [-0.1, -0.05) is 12.1 Å². The Bertz CT molecular complexity index is 583. The molecule has 2 fully saturated rings. The van der Waals surface area contributed by atoms with E-state index < -0.39 is 6.09 Å². The predicted molar refractivity (Wildman–Crippen MR) is 84.4 cm³/mol. The molecule has 0 aromatic heterocycles. The number of carbonyl (C=O) groups excluding carboxylic acids is 1. The Morgan fingerprint density at radius 2 is 1.96 bits per heavy atom. The number of rotatable bonds is 5. The molecule has 2 aliphatic rings. The number of benzene rings is 1. The Balaban J connectivity index is 1.52. The molecular formula is C17H22N2O4. The van der Waals surface area contributed by atoms with Gasteiger partial charge in [0.2, 0.25) is 5.91 Å². The first-order valence-electron chi connectivity index (χ1n) is 8.08. The molecule has 1 aliphatic carbocycles. The van der Waals surface area contributed by atoms with Crippen LogP contribution in [0.5, 0.6) is 5.75 Å². The summed E-state index contributed by atoms with van der Waals surface area (Å²) in [6.45, 7) is 2.89. The third-order valence-electron chi connectivity index (χ3n) is 4.41. The van der Waals surface area contributed by atoms with Crippen molar-refractivity contribution in [1.29, 1.82) is 0 Å². The highest BCUT2D eigenvalue weighted by atomic mass is 16.5. The van der Waals surface area contributed by atoms with Gasteiger partial charge in [0.05, 0.1) is 12.6 Å². The number of amides is 2. The van der Waals surface area contributed by atoms with Crippen LogP contribution in [0.15, 0.2) is 24.3 Å². The fourth-order valence-corrected chi connectivity index (χ4v) is 2.79. The van der Waals surface area contributed by atoms with Crippen LogP contribution in [0.4, 0.5) is 4.79 Å². The monoisotopic (exact) mass is 318 g/mol. The molecule has 3 rings (SSSR count). The molecule has 2 N–H and O–H groups in total. The normalized spacial score (nSPS) is 21.8. The van der Waals surface area contributed by atoms with Crippen molar-refractivity contribution in [2.75, 3.05) is 13.1 Å². The quantitative estimate of drug-likeness (QED) is 0.874. The lowest BCUT2D eigenvalue weighted by molar-refractivity contribution is -0.122. The van der Waals surface area contributed by atoms with Crippen molar-refractivity contribution >= 4 is 12.0 Å². The standard InChI is InChI=1S/C17H22N2O4/c1-11(18-16(20)13-2-3-13)12-4-6-14(7-5-12)23-15-8-9-19(10-15)17(21)22/h4-7,11,13,15H,2-3,8-10H2,1H3,(H,18,20)(H,21,22)/t11-,15?/m0/s1. The lowest BCUT2D eigenvalue weighted by Crippen LogP contribution is -2.29. The fourth-order valence-electron chi connectivity index (χ4n) is 2.79. The van der Waals surface area contributed by atoms with Crippen molar-refractivity contribution in [1.82, 2.24) is 10.2 Å². The number of carbonyl (C=O) groups is 2. The molecule has 6 heteroatoms. The molecule has 23 heavy (non-hydrogen) atoms. The van der Waals surface area contributed by atoms with E-state index in [1.807, 2.05) is 31.2 Å². The summed E-state index contributed by atoms with van der Waals surface area (Å²) in [6, 6.07) is 7.61. The summed E-state index contributed by atoms with van der Waals surface area (Å²) in [4.78, 5) is 24.0. The summed E-state index contributed by atoms with van der Waals surface area (Å²) in [5.41, 5.74) is 1.03. The molecule has 0 bridgehead atoms. The van der Waals surface area contributed by atoms with Gasteiger partial charge in [0, 0.05) is 18.9 Å². The molecular weight excluding hydrogens is 296 g/mol. The van der Waals surface area contributed by atoms with E-state index in [4.69, 9.17) is 9.84 Å². The first-order valence-corrected chi connectivity index (χ1v) is 8.08. The van der Waals surface area contributed by atoms with Crippen LogP contribution in [0.25, 0.3) is 0 Å². The van der Waals surface area contributed by atoms with Gasteiger partial charge in [-0.3, -0.25) is 4.79 Å². The van der Waals surface area contributed by atoms with Gasteiger partial charge in [0.25, 0.3) is 0 Å². The van der Waals surface area contributed by atoms with Crippen molar-refractivity contribution in [3.63, 3.8) is 0 Å². The van der Waals surface area contributed by atoms with Gasteiger partial charge in [0.15, 0.2) is 0 Å². The van der Waals surface area contributed by atoms with Gasteiger partial charge in [-0.05, 0) is 37.5 Å². The minimum atomic E-state index is -0.897. The Morgan fingerprint density at radius 1 is 1.26 bits per heavy atom. The maximum absolute atomic E-state index is 11.8. The van der Waals surface area contributed by atoms with Gasteiger partial charge in [-0.15, -0.1) is 0 Å². The van der Waals surface area contributed by atoms with E-state index in [1.54, 1.807) is 0 Å². The Morgan fingerprint density at radius 3 is 2.52 bits per heavy atom. The zero-order valence-electron chi connectivity index (χ0n) is 13.2. The maximum atomic E-state index is 11.8. The highest BCUT2D eigenvalue weighted by molar-refractivity contribution is 5.81. The fraction of sp³-hybridized carbons (Fsp3) is 0.529. The number of ether oxygens (including phenoxy) is 1. The van der Waals surface area contributed by atoms with E-state index in [0.29, 0.717) is 19.5 Å². The minimum absolute atomic E-state index is 0.0221. The topological polar surface area (TPSA) is 78.9 Å². The zero-order valence-corrected chi connectivity index (χ0v) is 13.2. The van der Waals surface area contributed by atoms with E-state index >= 15 is 0 Å². The molecule has 124 valence electrons. The van der Waals surface area contributed by atoms with E-state index in [0.717, 1.165) is 24.2 Å². The molecule has 1 saturated heterocycles. The molecule has 1 aromatic carbocycles. The Labute approximate surface area is 135 Å². The number of likely N-dealkylation sites (tertiary alicyclic amines) is 1. The largest absolute Gasteiger partial charge is 0.489 e. The van der Waals surface area contributed by atoms with Crippen LogP contribution in [-0.4, -0.2) is 41.2 Å². The number of carboxylic acid groups (broad SMARTS) is 1. The molecule has 1 unspecified atom stereocenters. The SMILES string of the molecule is C[C@H](NC(=O)C1CC1)c1ccc(OC2CCN(C(=O)O)C2)cc1. The summed E-state index contributed by atoms with van der Waals surface area (Å²) in [5, 5.41) is 12.0. The number of hydrogen-bond acceptors (Lipinski definition) is 3. The van der Waals surface area contributed by atoms with Crippen molar-refractivity contribution in [3.8, 4) is 5.75 Å². The molecule has 6 nitrogen and oxygen atoms in total. The summed E-state index contributed by atoms with van der Waals surface area (Å²) < 4.78 is 5.83. The molecule has 1 aliphatic heterocycles. The lowest BCUT2D eigenvalue weighted by atomic mass is 10.1. The van der Waals surface area contributed by atoms with Crippen molar-refractivity contribution < 1.29 is 19.4 Å². The van der Waals surface area contributed by atoms with Crippen LogP contribution in [0.2, 0.25) is 0 Å². The van der Waals surface area contributed by atoms with Crippen LogP contribution < -0.4 is 10.1 Å². The third kappa shape index (κ3) is 3.94. The first-order chi connectivity index (χ1) is 11.0. The van der Waals surface area contributed by atoms with Gasteiger partial charge >= 0.3 is 6.09 Å². The number of hydrogen-bond donors (Lipinski definition) is 2. The zero-order chi connectivity index (χ0) is 16.4. The van der Waals surface area contributed by atoms with E-state index in [9.17, 15) is 9.59 Å². The number of nitrogens with zero attached hydrogens (tertiary/aromatic N) is 1. The van der Waals surface area contributed by atoms with Crippen molar-refractivity contribution in [3.05, 3.63) is 29.8 Å². The van der Waals surface area contributed by atoms with Crippen molar-refractivity contribution in [2.45, 2.75) is 38.3 Å². The molecule has 1 saturated carbocycles. The first kappa shape index (κ1) is 15.6. The van der Waals surface area contributed by atoms with Crippen molar-refractivity contribution in [2.24, 2.45) is 5.92 Å². The van der Waals surface area contributed by atoms with Crippen LogP contribution in [0.1, 0.15) is 37.8 Å². The van der Waals surface area contributed by atoms with Gasteiger partial charge in [-0.25, -0.2) is 4.79 Å². The minimum Gasteiger partial charge on any atom is -0.489 e. The second-order valence-electron chi connectivity index (χ2n) is 6.33. The van der Waals surface area contributed by atoms with Crippen LogP contribution in [0, 0.1) is 5.92 Å². The Hall–Kier alpha value is -2.24. The summed E-state index contributed by atoms with van der Waals surface area (Å²) >= 11 is 0. The van der Waals surface area contributed by atoms with Crippen LogP contribution in [-0.2, 0) is 4.79 Å². The molecule has 1 heterocycles. The summed E-state index contributed by atoms with van der Waals surface area (Å²) in [7, 11) is 0.